The molecule has 10 nitrogen and oxygen atoms in total. The molecule has 0 atom stereocenters. The van der Waals surface area contributed by atoms with Gasteiger partial charge in [0.15, 0.2) is 0 Å². The maximum Gasteiger partial charge on any atom is 0.306 e. The third kappa shape index (κ3) is 46.0. The van der Waals surface area contributed by atoms with Crippen LogP contribution in [-0.4, -0.2) is 67.2 Å². The van der Waals surface area contributed by atoms with Gasteiger partial charge in [0.2, 0.25) is 0 Å². The predicted octanol–water partition coefficient (Wildman–Crippen LogP) is 16.1. The van der Waals surface area contributed by atoms with Crippen LogP contribution in [0.5, 0.6) is 0 Å². The van der Waals surface area contributed by atoms with E-state index in [2.05, 4.69) is 43.6 Å². The molecule has 0 saturated carbocycles. The lowest BCUT2D eigenvalue weighted by molar-refractivity contribution is -0.155. The molecule has 0 bridgehead atoms. The molecular formula is C56H103BrO10. The van der Waals surface area contributed by atoms with Crippen molar-refractivity contribution in [3.8, 4) is 0 Å². The van der Waals surface area contributed by atoms with Crippen LogP contribution in [0.3, 0.4) is 0 Å². The van der Waals surface area contributed by atoms with Crippen LogP contribution < -0.4 is 0 Å². The van der Waals surface area contributed by atoms with Gasteiger partial charge < -0.3 is 23.7 Å². The Balaban J connectivity index is 4.91. The molecule has 0 unspecified atom stereocenters. The Kier molecular flexibility index (Phi) is 48.6. The zero-order chi connectivity index (χ0) is 49.3. The first-order valence-corrected chi connectivity index (χ1v) is 29.2. The van der Waals surface area contributed by atoms with E-state index >= 15 is 0 Å². The summed E-state index contributed by atoms with van der Waals surface area (Å²) in [5, 5.41) is 0.882. The van der Waals surface area contributed by atoms with Crippen molar-refractivity contribution >= 4 is 45.8 Å². The Bertz CT molecular complexity index is 1060. The number of carbonyl (C=O) groups excluding carboxylic acids is 5. The smallest absolute Gasteiger partial charge is 0.306 e. The van der Waals surface area contributed by atoms with Gasteiger partial charge in [0, 0.05) is 37.4 Å². The van der Waals surface area contributed by atoms with Gasteiger partial charge in [-0.2, -0.15) is 0 Å². The Morgan fingerprint density at radius 2 is 0.552 bits per heavy atom. The standard InChI is InChI=1S/C56H103BrO10/c1-5-9-13-17-21-26-36-50(37-27-22-18-14-10-6-2)66-55(61)43-33-31-41-53(59)64-47-49(46-63-52(58)40-30-25-35-45-57)48-65-54(60)42-32-34-44-56(62)67-51(38-28-23-19-15-11-7-3)39-29-24-20-16-12-8-4/h49-51H,5-48H2,1-4H3. The highest BCUT2D eigenvalue weighted by Crippen LogP contribution is 2.20. The largest absolute Gasteiger partial charge is 0.465 e. The van der Waals surface area contributed by atoms with Crippen molar-refractivity contribution in [1.29, 1.82) is 0 Å². The molecule has 0 aliphatic heterocycles. The van der Waals surface area contributed by atoms with Crippen LogP contribution in [0.25, 0.3) is 0 Å². The summed E-state index contributed by atoms with van der Waals surface area (Å²) in [6, 6.07) is 0. The predicted molar refractivity (Wildman–Crippen MR) is 277 cm³/mol. The number of halogens is 1. The van der Waals surface area contributed by atoms with Gasteiger partial charge in [0.05, 0.1) is 5.92 Å². The molecule has 0 radical (unpaired) electrons. The minimum atomic E-state index is -0.519. The molecule has 0 fully saturated rings. The van der Waals surface area contributed by atoms with E-state index in [1.54, 1.807) is 0 Å². The monoisotopic (exact) mass is 1010 g/mol. The average Bonchev–Trinajstić information content (AvgIpc) is 3.31. The number of hydrogen-bond acceptors (Lipinski definition) is 10. The third-order valence-corrected chi connectivity index (χ3v) is 13.2. The number of hydrogen-bond donors (Lipinski definition) is 0. The fraction of sp³-hybridized carbons (Fsp3) is 0.911. The van der Waals surface area contributed by atoms with Gasteiger partial charge in [0.1, 0.15) is 32.0 Å². The fourth-order valence-corrected chi connectivity index (χ4v) is 8.63. The van der Waals surface area contributed by atoms with Crippen LogP contribution in [0.4, 0.5) is 0 Å². The first-order valence-electron chi connectivity index (χ1n) is 28.1. The molecule has 0 aliphatic rings. The van der Waals surface area contributed by atoms with Crippen molar-refractivity contribution in [1.82, 2.24) is 0 Å². The van der Waals surface area contributed by atoms with Crippen molar-refractivity contribution in [3.05, 3.63) is 0 Å². The minimum absolute atomic E-state index is 0.0349. The fourth-order valence-electron chi connectivity index (χ4n) is 8.23. The van der Waals surface area contributed by atoms with Gasteiger partial charge in [-0.25, -0.2) is 0 Å². The van der Waals surface area contributed by atoms with Crippen molar-refractivity contribution < 1.29 is 47.7 Å². The van der Waals surface area contributed by atoms with Gasteiger partial charge in [-0.05, 0) is 89.9 Å². The van der Waals surface area contributed by atoms with Crippen molar-refractivity contribution in [2.24, 2.45) is 5.92 Å². The van der Waals surface area contributed by atoms with E-state index in [9.17, 15) is 24.0 Å². The molecule has 0 aromatic carbocycles. The number of alkyl halides is 1. The highest BCUT2D eigenvalue weighted by molar-refractivity contribution is 9.09. The quantitative estimate of drug-likeness (QED) is 0.0251. The van der Waals surface area contributed by atoms with Crippen molar-refractivity contribution in [2.75, 3.05) is 25.2 Å². The van der Waals surface area contributed by atoms with Crippen LogP contribution in [0.1, 0.15) is 285 Å². The SMILES string of the molecule is CCCCCCCCC(CCCCCCCC)OC(=O)CCCCC(=O)OCC(COC(=O)CCCCCBr)COC(=O)CCCCC(=O)OC(CCCCCCCC)CCCCCCCC. The molecule has 0 heterocycles. The maximum atomic E-state index is 12.8. The number of carbonyl (C=O) groups is 5. The van der Waals surface area contributed by atoms with Gasteiger partial charge in [-0.1, -0.05) is 178 Å². The summed E-state index contributed by atoms with van der Waals surface area (Å²) in [5.74, 6) is -2.08. The number of ether oxygens (including phenoxy) is 5. The van der Waals surface area contributed by atoms with E-state index in [1.807, 2.05) is 0 Å². The first kappa shape index (κ1) is 64.8. The molecule has 0 aromatic rings. The molecule has 394 valence electrons. The molecule has 0 rings (SSSR count). The molecule has 0 N–H and O–H groups in total. The van der Waals surface area contributed by atoms with Crippen LogP contribution in [-0.2, 0) is 47.7 Å². The second-order valence-electron chi connectivity index (χ2n) is 19.3. The summed E-state index contributed by atoms with van der Waals surface area (Å²) >= 11 is 3.41. The lowest BCUT2D eigenvalue weighted by Crippen LogP contribution is -2.26. The van der Waals surface area contributed by atoms with Crippen LogP contribution in [0.2, 0.25) is 0 Å². The summed E-state index contributed by atoms with van der Waals surface area (Å²) < 4.78 is 28.6. The summed E-state index contributed by atoms with van der Waals surface area (Å²) in [4.78, 5) is 63.7. The van der Waals surface area contributed by atoms with Gasteiger partial charge in [0.25, 0.3) is 0 Å². The van der Waals surface area contributed by atoms with Gasteiger partial charge in [-0.15, -0.1) is 0 Å². The van der Waals surface area contributed by atoms with E-state index in [4.69, 9.17) is 23.7 Å². The molecule has 0 amide bonds. The summed E-state index contributed by atoms with van der Waals surface area (Å²) in [5.41, 5.74) is 0. The van der Waals surface area contributed by atoms with E-state index in [0.717, 1.165) is 76.0 Å². The number of unbranched alkanes of at least 4 members (excludes halogenated alkanes) is 24. The Morgan fingerprint density at radius 3 is 0.836 bits per heavy atom. The average molecular weight is 1020 g/mol. The zero-order valence-corrected chi connectivity index (χ0v) is 45.4. The molecule has 67 heavy (non-hydrogen) atoms. The summed E-state index contributed by atoms with van der Waals surface area (Å²) in [6.07, 6.45) is 38.4. The minimum Gasteiger partial charge on any atom is -0.465 e. The molecule has 0 spiro atoms. The highest BCUT2D eigenvalue weighted by atomic mass is 79.9. The van der Waals surface area contributed by atoms with Crippen molar-refractivity contribution in [3.63, 3.8) is 0 Å². The Morgan fingerprint density at radius 1 is 0.313 bits per heavy atom. The maximum absolute atomic E-state index is 12.8. The summed E-state index contributed by atoms with van der Waals surface area (Å²) in [7, 11) is 0. The molecule has 0 aliphatic carbocycles. The number of rotatable bonds is 51. The normalized spacial score (nSPS) is 11.4. The third-order valence-electron chi connectivity index (χ3n) is 12.6. The van der Waals surface area contributed by atoms with Crippen LogP contribution >= 0.6 is 15.9 Å². The lowest BCUT2D eigenvalue weighted by Gasteiger charge is -2.18. The van der Waals surface area contributed by atoms with Gasteiger partial charge >= 0.3 is 29.8 Å². The first-order chi connectivity index (χ1) is 32.7. The van der Waals surface area contributed by atoms with E-state index in [1.165, 1.54) is 128 Å². The molecule has 0 saturated heterocycles. The Labute approximate surface area is 419 Å². The molecule has 11 heteroatoms. The second-order valence-corrected chi connectivity index (χ2v) is 20.1. The second kappa shape index (κ2) is 50.2. The van der Waals surface area contributed by atoms with E-state index in [0.29, 0.717) is 32.1 Å². The number of esters is 5. The topological polar surface area (TPSA) is 132 Å². The highest BCUT2D eigenvalue weighted by Gasteiger charge is 2.20. The molecule has 0 aromatic heterocycles. The van der Waals surface area contributed by atoms with Crippen molar-refractivity contribution in [2.45, 2.75) is 297 Å². The van der Waals surface area contributed by atoms with E-state index < -0.39 is 17.9 Å². The van der Waals surface area contributed by atoms with Gasteiger partial charge in [-0.3, -0.25) is 24.0 Å². The molecular weight excluding hydrogens is 913 g/mol. The van der Waals surface area contributed by atoms with E-state index in [-0.39, 0.29) is 75.6 Å². The Hall–Kier alpha value is -2.17. The zero-order valence-electron chi connectivity index (χ0n) is 43.8. The van der Waals surface area contributed by atoms with Crippen LogP contribution in [0, 0.1) is 5.92 Å². The summed E-state index contributed by atoms with van der Waals surface area (Å²) in [6.45, 7) is 8.74. The lowest BCUT2D eigenvalue weighted by atomic mass is 10.0. The van der Waals surface area contributed by atoms with Crippen LogP contribution in [0.15, 0.2) is 0 Å².